The lowest BCUT2D eigenvalue weighted by molar-refractivity contribution is -0.132. The van der Waals surface area contributed by atoms with Crippen LogP contribution in [0.4, 0.5) is 0 Å². The van der Waals surface area contributed by atoms with Gasteiger partial charge in [0.1, 0.15) is 5.76 Å². The number of hydrogen-bond donors (Lipinski definition) is 1. The summed E-state index contributed by atoms with van der Waals surface area (Å²) in [6.45, 7) is 4.61. The van der Waals surface area contributed by atoms with Crippen LogP contribution in [0.2, 0.25) is 0 Å². The number of likely N-dealkylation sites (tertiary alicyclic amines) is 1. The Labute approximate surface area is 165 Å². The maximum absolute atomic E-state index is 12.5. The molecule has 2 aromatic rings. The molecule has 8 heteroatoms. The van der Waals surface area contributed by atoms with Crippen LogP contribution in [0.25, 0.3) is 10.8 Å². The van der Waals surface area contributed by atoms with Crippen molar-refractivity contribution in [2.24, 2.45) is 5.92 Å². The molecule has 0 saturated carbocycles. The number of aromatic nitrogens is 1. The van der Waals surface area contributed by atoms with Crippen LogP contribution in [-0.4, -0.2) is 42.5 Å². The summed E-state index contributed by atoms with van der Waals surface area (Å²) in [7, 11) is 1.97. The molecule has 0 aliphatic carbocycles. The summed E-state index contributed by atoms with van der Waals surface area (Å²) >= 11 is 1.53. The second-order valence-electron chi connectivity index (χ2n) is 6.14. The first-order valence-corrected chi connectivity index (χ1v) is 8.97. The summed E-state index contributed by atoms with van der Waals surface area (Å²) < 4.78 is 5.59. The number of hydrogen-bond acceptors (Lipinski definition) is 5. The van der Waals surface area contributed by atoms with Crippen LogP contribution in [0.5, 0.6) is 0 Å². The van der Waals surface area contributed by atoms with Gasteiger partial charge in [-0.25, -0.2) is 4.98 Å². The highest BCUT2D eigenvalue weighted by Gasteiger charge is 2.23. The number of amides is 1. The maximum atomic E-state index is 12.5. The summed E-state index contributed by atoms with van der Waals surface area (Å²) in [5, 5.41) is 6.01. The van der Waals surface area contributed by atoms with Crippen molar-refractivity contribution < 1.29 is 9.21 Å². The quantitative estimate of drug-likeness (QED) is 0.825. The number of rotatable bonds is 5. The third kappa shape index (κ3) is 5.71. The number of carbonyl (C=O) groups excluding carboxylic acids is 1. The largest absolute Gasteiger partial charge is 0.459 e. The fraction of sp³-hybridized carbons (Fsp3) is 0.529. The van der Waals surface area contributed by atoms with Crippen molar-refractivity contribution in [2.45, 2.75) is 26.2 Å². The molecule has 3 rings (SSSR count). The molecule has 25 heavy (non-hydrogen) atoms. The van der Waals surface area contributed by atoms with Gasteiger partial charge in [0, 0.05) is 18.5 Å². The number of piperidine rings is 1. The van der Waals surface area contributed by atoms with E-state index in [1.54, 1.807) is 0 Å². The van der Waals surface area contributed by atoms with Gasteiger partial charge in [-0.2, -0.15) is 0 Å². The van der Waals surface area contributed by atoms with Gasteiger partial charge in [-0.1, -0.05) is 0 Å². The van der Waals surface area contributed by atoms with Crippen molar-refractivity contribution in [1.82, 2.24) is 15.2 Å². The number of halogens is 2. The van der Waals surface area contributed by atoms with Crippen LogP contribution < -0.4 is 5.32 Å². The van der Waals surface area contributed by atoms with E-state index in [4.69, 9.17) is 4.42 Å². The minimum atomic E-state index is 0. The van der Waals surface area contributed by atoms with Crippen LogP contribution in [0.3, 0.4) is 0 Å². The van der Waals surface area contributed by atoms with Crippen LogP contribution in [0.15, 0.2) is 21.9 Å². The van der Waals surface area contributed by atoms with Crippen molar-refractivity contribution in [3.05, 3.63) is 29.0 Å². The predicted molar refractivity (Wildman–Crippen MR) is 106 cm³/mol. The summed E-state index contributed by atoms with van der Waals surface area (Å²) in [6, 6.07) is 3.85. The average Bonchev–Trinajstić information content (AvgIpc) is 3.17. The Morgan fingerprint density at radius 3 is 2.92 bits per heavy atom. The van der Waals surface area contributed by atoms with Crippen LogP contribution in [0.1, 0.15) is 24.3 Å². The Hall–Kier alpha value is -1.08. The van der Waals surface area contributed by atoms with E-state index in [2.05, 4.69) is 10.3 Å². The number of carbonyl (C=O) groups is 1. The van der Waals surface area contributed by atoms with Gasteiger partial charge in [-0.3, -0.25) is 4.79 Å². The van der Waals surface area contributed by atoms with Gasteiger partial charge in [0.2, 0.25) is 5.91 Å². The molecule has 0 bridgehead atoms. The van der Waals surface area contributed by atoms with E-state index < -0.39 is 0 Å². The van der Waals surface area contributed by atoms with E-state index in [0.717, 1.165) is 48.3 Å². The Kier molecular flexibility index (Phi) is 8.93. The van der Waals surface area contributed by atoms with E-state index in [-0.39, 0.29) is 30.7 Å². The highest BCUT2D eigenvalue weighted by molar-refractivity contribution is 7.13. The second kappa shape index (κ2) is 10.2. The zero-order chi connectivity index (χ0) is 16.2. The summed E-state index contributed by atoms with van der Waals surface area (Å²) in [5.41, 5.74) is 0.833. The minimum Gasteiger partial charge on any atom is -0.459 e. The Balaban J connectivity index is 0.00000156. The van der Waals surface area contributed by atoms with Gasteiger partial charge in [0.15, 0.2) is 10.8 Å². The molecule has 2 aromatic heterocycles. The van der Waals surface area contributed by atoms with E-state index in [0.29, 0.717) is 12.3 Å². The highest BCUT2D eigenvalue weighted by Crippen LogP contribution is 2.26. The van der Waals surface area contributed by atoms with Crippen molar-refractivity contribution in [3.63, 3.8) is 0 Å². The Bertz CT molecular complexity index is 672. The third-order valence-corrected chi connectivity index (χ3v) is 5.11. The molecule has 0 radical (unpaired) electrons. The smallest absolute Gasteiger partial charge is 0.228 e. The molecule has 1 aliphatic heterocycles. The zero-order valence-electron chi connectivity index (χ0n) is 14.5. The van der Waals surface area contributed by atoms with E-state index in [9.17, 15) is 4.79 Å². The molecular formula is C17H25Cl2N3O2S. The molecule has 1 unspecified atom stereocenters. The molecule has 1 saturated heterocycles. The molecule has 1 amide bonds. The van der Waals surface area contributed by atoms with Crippen molar-refractivity contribution in [2.75, 3.05) is 26.7 Å². The minimum absolute atomic E-state index is 0. The average molecular weight is 406 g/mol. The molecule has 1 fully saturated rings. The molecule has 1 atom stereocenters. The van der Waals surface area contributed by atoms with Crippen LogP contribution in [-0.2, 0) is 11.2 Å². The maximum Gasteiger partial charge on any atom is 0.228 e. The fourth-order valence-corrected chi connectivity index (χ4v) is 3.84. The van der Waals surface area contributed by atoms with Crippen molar-refractivity contribution in [1.29, 1.82) is 0 Å². The molecule has 0 aromatic carbocycles. The van der Waals surface area contributed by atoms with Gasteiger partial charge < -0.3 is 14.6 Å². The fourth-order valence-electron chi connectivity index (χ4n) is 3.06. The predicted octanol–water partition coefficient (Wildman–Crippen LogP) is 3.56. The molecular weight excluding hydrogens is 381 g/mol. The standard InChI is InChI=1S/C17H23N3O2S.2ClH/c1-12-5-6-15(22-12)17-19-14(11-23-17)8-16(21)20-7-3-4-13(10-20)9-18-2;;/h5-6,11,13,18H,3-4,7-10H2,1-2H3;2*1H. The molecule has 0 spiro atoms. The van der Waals surface area contributed by atoms with E-state index in [1.807, 2.05) is 36.4 Å². The van der Waals surface area contributed by atoms with Gasteiger partial charge in [-0.15, -0.1) is 36.2 Å². The highest BCUT2D eigenvalue weighted by atomic mass is 35.5. The molecule has 140 valence electrons. The van der Waals surface area contributed by atoms with Gasteiger partial charge >= 0.3 is 0 Å². The number of aryl methyl sites for hydroxylation is 1. The molecule has 1 aliphatic rings. The lowest BCUT2D eigenvalue weighted by atomic mass is 9.98. The van der Waals surface area contributed by atoms with E-state index in [1.165, 1.54) is 17.8 Å². The van der Waals surface area contributed by atoms with Crippen molar-refractivity contribution >= 4 is 42.1 Å². The van der Waals surface area contributed by atoms with E-state index >= 15 is 0 Å². The third-order valence-electron chi connectivity index (χ3n) is 4.20. The summed E-state index contributed by atoms with van der Waals surface area (Å²) in [6.07, 6.45) is 2.66. The van der Waals surface area contributed by atoms with Crippen LogP contribution >= 0.6 is 36.2 Å². The molecule has 1 N–H and O–H groups in total. The van der Waals surface area contributed by atoms with Crippen molar-refractivity contribution in [3.8, 4) is 10.8 Å². The number of thiazole rings is 1. The van der Waals surface area contributed by atoms with Crippen LogP contribution in [0, 0.1) is 12.8 Å². The summed E-state index contributed by atoms with van der Waals surface area (Å²) in [4.78, 5) is 19.1. The second-order valence-corrected chi connectivity index (χ2v) is 6.99. The van der Waals surface area contributed by atoms with Gasteiger partial charge in [0.05, 0.1) is 12.1 Å². The normalized spacial score (nSPS) is 16.9. The lowest BCUT2D eigenvalue weighted by Gasteiger charge is -2.32. The first-order chi connectivity index (χ1) is 11.2. The summed E-state index contributed by atoms with van der Waals surface area (Å²) in [5.74, 6) is 2.39. The Morgan fingerprint density at radius 2 is 2.24 bits per heavy atom. The van der Waals surface area contributed by atoms with Gasteiger partial charge in [0.25, 0.3) is 0 Å². The molecule has 3 heterocycles. The monoisotopic (exact) mass is 405 g/mol. The lowest BCUT2D eigenvalue weighted by Crippen LogP contribution is -2.43. The topological polar surface area (TPSA) is 58.4 Å². The molecule has 5 nitrogen and oxygen atoms in total. The Morgan fingerprint density at radius 1 is 1.44 bits per heavy atom. The SMILES string of the molecule is CNCC1CCCN(C(=O)Cc2csc(-c3ccc(C)o3)n2)C1.Cl.Cl. The first-order valence-electron chi connectivity index (χ1n) is 8.09. The van der Waals surface area contributed by atoms with Gasteiger partial charge in [-0.05, 0) is 51.4 Å². The number of furan rings is 1. The first kappa shape index (κ1) is 22.0. The zero-order valence-corrected chi connectivity index (χ0v) is 16.9. The number of nitrogens with one attached hydrogen (secondary N) is 1. The number of nitrogens with zero attached hydrogens (tertiary/aromatic N) is 2.